The highest BCUT2D eigenvalue weighted by molar-refractivity contribution is 7.89. The lowest BCUT2D eigenvalue weighted by Crippen LogP contribution is -2.57. The maximum Gasteiger partial charge on any atom is 0.307 e. The van der Waals surface area contributed by atoms with Gasteiger partial charge in [0.2, 0.25) is 15.9 Å². The monoisotopic (exact) mass is 340 g/mol. The number of nitrogens with one attached hydrogen (secondary N) is 1. The molecule has 1 aromatic carbocycles. The van der Waals surface area contributed by atoms with Gasteiger partial charge in [-0.15, -0.1) is 0 Å². The summed E-state index contributed by atoms with van der Waals surface area (Å²) in [6, 6.07) is 3.72. The number of carbonyl (C=O) groups excluding carboxylic acids is 2. The van der Waals surface area contributed by atoms with Gasteiger partial charge in [-0.2, -0.15) is 4.31 Å². The standard InChI is InChI=1S/C15H20N2O5S/c1-10-4-5-12(8-11(10)2)23(20,21)17-7-6-16-15(19)13(17)9-14(18)22-3/h4-5,8,13H,6-7,9H2,1-3H3,(H,16,19)/t13-/m0/s1. The van der Waals surface area contributed by atoms with Crippen molar-refractivity contribution in [2.24, 2.45) is 0 Å². The van der Waals surface area contributed by atoms with Gasteiger partial charge in [-0.3, -0.25) is 9.59 Å². The summed E-state index contributed by atoms with van der Waals surface area (Å²) in [7, 11) is -2.67. The average molecular weight is 340 g/mol. The molecule has 1 aromatic rings. The molecule has 1 aliphatic heterocycles. The summed E-state index contributed by atoms with van der Waals surface area (Å²) in [5.74, 6) is -1.12. The van der Waals surface area contributed by atoms with Gasteiger partial charge >= 0.3 is 5.97 Å². The second kappa shape index (κ2) is 6.67. The van der Waals surface area contributed by atoms with E-state index in [-0.39, 0.29) is 24.4 Å². The summed E-state index contributed by atoms with van der Waals surface area (Å²) in [5.41, 5.74) is 1.82. The van der Waals surface area contributed by atoms with E-state index < -0.39 is 27.9 Å². The van der Waals surface area contributed by atoms with E-state index in [1.807, 2.05) is 13.8 Å². The minimum atomic E-state index is -3.87. The second-order valence-electron chi connectivity index (χ2n) is 5.45. The van der Waals surface area contributed by atoms with E-state index in [0.717, 1.165) is 15.4 Å². The van der Waals surface area contributed by atoms with Crippen molar-refractivity contribution in [3.05, 3.63) is 29.3 Å². The van der Waals surface area contributed by atoms with Crippen LogP contribution in [-0.2, 0) is 24.3 Å². The van der Waals surface area contributed by atoms with E-state index in [1.165, 1.54) is 13.2 Å². The highest BCUT2D eigenvalue weighted by atomic mass is 32.2. The van der Waals surface area contributed by atoms with Crippen molar-refractivity contribution in [3.63, 3.8) is 0 Å². The number of ether oxygens (including phenoxy) is 1. The number of sulfonamides is 1. The summed E-state index contributed by atoms with van der Waals surface area (Å²) < 4.78 is 31.4. The molecule has 0 bridgehead atoms. The normalized spacial score (nSPS) is 19.3. The maximum atomic E-state index is 12.9. The Bertz CT molecular complexity index is 729. The van der Waals surface area contributed by atoms with Crippen LogP contribution in [0.5, 0.6) is 0 Å². The second-order valence-corrected chi connectivity index (χ2v) is 7.34. The van der Waals surface area contributed by atoms with Crippen molar-refractivity contribution in [2.45, 2.75) is 31.2 Å². The van der Waals surface area contributed by atoms with Gasteiger partial charge in [0.25, 0.3) is 0 Å². The van der Waals surface area contributed by atoms with Crippen LogP contribution < -0.4 is 5.32 Å². The van der Waals surface area contributed by atoms with E-state index in [1.54, 1.807) is 12.1 Å². The number of benzene rings is 1. The summed E-state index contributed by atoms with van der Waals surface area (Å²) in [5, 5.41) is 2.58. The number of rotatable bonds is 4. The largest absolute Gasteiger partial charge is 0.469 e. The minimum Gasteiger partial charge on any atom is -0.469 e. The molecule has 23 heavy (non-hydrogen) atoms. The molecule has 1 heterocycles. The number of piperazine rings is 1. The minimum absolute atomic E-state index is 0.114. The Kier molecular flexibility index (Phi) is 5.06. The Morgan fingerprint density at radius 3 is 2.65 bits per heavy atom. The molecule has 1 saturated heterocycles. The highest BCUT2D eigenvalue weighted by Crippen LogP contribution is 2.23. The number of methoxy groups -OCH3 is 1. The SMILES string of the molecule is COC(=O)C[C@H]1C(=O)NCCN1S(=O)(=O)c1ccc(C)c(C)c1. The zero-order valence-corrected chi connectivity index (χ0v) is 14.1. The fourth-order valence-corrected chi connectivity index (χ4v) is 4.10. The molecule has 0 aromatic heterocycles. The summed E-state index contributed by atoms with van der Waals surface area (Å²) >= 11 is 0. The first kappa shape index (κ1) is 17.4. The van der Waals surface area contributed by atoms with Crippen LogP contribution in [0.1, 0.15) is 17.5 Å². The lowest BCUT2D eigenvalue weighted by Gasteiger charge is -2.33. The Morgan fingerprint density at radius 2 is 2.04 bits per heavy atom. The van der Waals surface area contributed by atoms with E-state index in [0.29, 0.717) is 0 Å². The molecule has 0 radical (unpaired) electrons. The quantitative estimate of drug-likeness (QED) is 0.799. The van der Waals surface area contributed by atoms with Crippen molar-refractivity contribution in [1.82, 2.24) is 9.62 Å². The molecular weight excluding hydrogens is 320 g/mol. The zero-order chi connectivity index (χ0) is 17.2. The first-order valence-electron chi connectivity index (χ1n) is 7.21. The summed E-state index contributed by atoms with van der Waals surface area (Å²) in [6.07, 6.45) is -0.313. The predicted molar refractivity (Wildman–Crippen MR) is 83.2 cm³/mol. The van der Waals surface area contributed by atoms with E-state index in [4.69, 9.17) is 0 Å². The third kappa shape index (κ3) is 3.53. The van der Waals surface area contributed by atoms with Crippen LogP contribution in [0.15, 0.2) is 23.1 Å². The third-order valence-corrected chi connectivity index (χ3v) is 5.86. The van der Waals surface area contributed by atoms with Gasteiger partial charge in [0, 0.05) is 13.1 Å². The Labute approximate surface area is 135 Å². The molecule has 8 heteroatoms. The van der Waals surface area contributed by atoms with Crippen LogP contribution in [0.2, 0.25) is 0 Å². The van der Waals surface area contributed by atoms with Crippen LogP contribution in [0, 0.1) is 13.8 Å². The van der Waals surface area contributed by atoms with Gasteiger partial charge in [0.15, 0.2) is 0 Å². The molecule has 0 saturated carbocycles. The number of carbonyl (C=O) groups is 2. The molecule has 1 N–H and O–H groups in total. The van der Waals surface area contributed by atoms with E-state index >= 15 is 0 Å². The lowest BCUT2D eigenvalue weighted by atomic mass is 10.1. The summed E-state index contributed by atoms with van der Waals surface area (Å²) in [6.45, 7) is 4.03. The van der Waals surface area contributed by atoms with Crippen molar-refractivity contribution >= 4 is 21.9 Å². The molecule has 0 unspecified atom stereocenters. The molecule has 7 nitrogen and oxygen atoms in total. The van der Waals surface area contributed by atoms with E-state index in [2.05, 4.69) is 10.1 Å². The number of amides is 1. The number of hydrogen-bond donors (Lipinski definition) is 1. The van der Waals surface area contributed by atoms with Crippen molar-refractivity contribution in [1.29, 1.82) is 0 Å². The first-order valence-corrected chi connectivity index (χ1v) is 8.65. The highest BCUT2D eigenvalue weighted by Gasteiger charge is 2.39. The Hall–Kier alpha value is -1.93. The van der Waals surface area contributed by atoms with Crippen molar-refractivity contribution in [2.75, 3.05) is 20.2 Å². The molecule has 1 fully saturated rings. The third-order valence-electron chi connectivity index (χ3n) is 3.95. The van der Waals surface area contributed by atoms with Crippen molar-refractivity contribution in [3.8, 4) is 0 Å². The molecule has 1 amide bonds. The number of nitrogens with zero attached hydrogens (tertiary/aromatic N) is 1. The first-order chi connectivity index (χ1) is 10.8. The number of esters is 1. The van der Waals surface area contributed by atoms with Crippen LogP contribution >= 0.6 is 0 Å². The number of aryl methyl sites for hydroxylation is 2. The molecular formula is C15H20N2O5S. The van der Waals surface area contributed by atoms with Gasteiger partial charge in [-0.25, -0.2) is 8.42 Å². The van der Waals surface area contributed by atoms with Crippen LogP contribution in [0.25, 0.3) is 0 Å². The molecule has 2 rings (SSSR count). The predicted octanol–water partition coefficient (Wildman–Crippen LogP) is 0.356. The summed E-state index contributed by atoms with van der Waals surface area (Å²) in [4.78, 5) is 23.7. The maximum absolute atomic E-state index is 12.9. The molecule has 0 spiro atoms. The van der Waals surface area contributed by atoms with Crippen molar-refractivity contribution < 1.29 is 22.7 Å². The van der Waals surface area contributed by atoms with Gasteiger partial charge < -0.3 is 10.1 Å². The molecule has 126 valence electrons. The van der Waals surface area contributed by atoms with Crippen LogP contribution in [-0.4, -0.2) is 50.8 Å². The van der Waals surface area contributed by atoms with Gasteiger partial charge in [-0.05, 0) is 37.1 Å². The zero-order valence-electron chi connectivity index (χ0n) is 13.3. The lowest BCUT2D eigenvalue weighted by molar-refractivity contribution is -0.144. The topological polar surface area (TPSA) is 92.8 Å². The fourth-order valence-electron chi connectivity index (χ4n) is 2.43. The average Bonchev–Trinajstić information content (AvgIpc) is 2.51. The van der Waals surface area contributed by atoms with Gasteiger partial charge in [0.05, 0.1) is 18.4 Å². The van der Waals surface area contributed by atoms with Gasteiger partial charge in [0.1, 0.15) is 6.04 Å². The van der Waals surface area contributed by atoms with Gasteiger partial charge in [-0.1, -0.05) is 6.07 Å². The number of hydrogen-bond acceptors (Lipinski definition) is 5. The smallest absolute Gasteiger partial charge is 0.307 e. The van der Waals surface area contributed by atoms with Crippen LogP contribution in [0.3, 0.4) is 0 Å². The molecule has 0 aliphatic carbocycles. The van der Waals surface area contributed by atoms with Crippen LogP contribution in [0.4, 0.5) is 0 Å². The molecule has 1 aliphatic rings. The Morgan fingerprint density at radius 1 is 1.35 bits per heavy atom. The molecule has 1 atom stereocenters. The fraction of sp³-hybridized carbons (Fsp3) is 0.467. The Balaban J connectivity index is 2.39. The van der Waals surface area contributed by atoms with E-state index in [9.17, 15) is 18.0 Å².